The van der Waals surface area contributed by atoms with Gasteiger partial charge in [-0.3, -0.25) is 0 Å². The molecule has 1 aromatic carbocycles. The maximum absolute atomic E-state index is 5.58. The van der Waals surface area contributed by atoms with Gasteiger partial charge in [0.25, 0.3) is 0 Å². The SMILES string of the molecule is CNC1CCOCC1Cc1ccccc1OC. The highest BCUT2D eigenvalue weighted by molar-refractivity contribution is 5.33. The molecule has 3 heteroatoms. The predicted molar refractivity (Wildman–Crippen MR) is 68.5 cm³/mol. The Balaban J connectivity index is 2.08. The first-order valence-corrected chi connectivity index (χ1v) is 6.22. The summed E-state index contributed by atoms with van der Waals surface area (Å²) in [5, 5.41) is 3.39. The van der Waals surface area contributed by atoms with Gasteiger partial charge in [-0.15, -0.1) is 0 Å². The summed E-state index contributed by atoms with van der Waals surface area (Å²) in [7, 11) is 3.76. The molecule has 0 aliphatic carbocycles. The minimum atomic E-state index is 0.532. The van der Waals surface area contributed by atoms with Gasteiger partial charge in [0.05, 0.1) is 13.7 Å². The second-order valence-corrected chi connectivity index (χ2v) is 4.53. The van der Waals surface area contributed by atoms with Crippen molar-refractivity contribution < 1.29 is 9.47 Å². The van der Waals surface area contributed by atoms with Gasteiger partial charge in [0.1, 0.15) is 5.75 Å². The van der Waals surface area contributed by atoms with E-state index in [0.29, 0.717) is 12.0 Å². The number of ether oxygens (including phenoxy) is 2. The van der Waals surface area contributed by atoms with Crippen LogP contribution < -0.4 is 10.1 Å². The third-order valence-electron chi connectivity index (χ3n) is 3.52. The Labute approximate surface area is 103 Å². The molecule has 17 heavy (non-hydrogen) atoms. The van der Waals surface area contributed by atoms with Crippen molar-refractivity contribution in [3.63, 3.8) is 0 Å². The molecule has 0 bridgehead atoms. The number of hydrogen-bond acceptors (Lipinski definition) is 3. The molecular weight excluding hydrogens is 214 g/mol. The summed E-state index contributed by atoms with van der Waals surface area (Å²) >= 11 is 0. The lowest BCUT2D eigenvalue weighted by molar-refractivity contribution is 0.0340. The van der Waals surface area contributed by atoms with Crippen LogP contribution in [0.1, 0.15) is 12.0 Å². The predicted octanol–water partition coefficient (Wildman–Crippen LogP) is 1.86. The van der Waals surface area contributed by atoms with Gasteiger partial charge in [-0.25, -0.2) is 0 Å². The third-order valence-corrected chi connectivity index (χ3v) is 3.52. The molecule has 0 aromatic heterocycles. The molecule has 1 saturated heterocycles. The van der Waals surface area contributed by atoms with Crippen molar-refractivity contribution in [3.05, 3.63) is 29.8 Å². The summed E-state index contributed by atoms with van der Waals surface area (Å²) in [5.74, 6) is 1.51. The molecule has 2 rings (SSSR count). The van der Waals surface area contributed by atoms with Gasteiger partial charge in [-0.2, -0.15) is 0 Å². The Hall–Kier alpha value is -1.06. The molecule has 0 spiro atoms. The summed E-state index contributed by atoms with van der Waals surface area (Å²) < 4.78 is 11.0. The van der Waals surface area contributed by atoms with Crippen LogP contribution >= 0.6 is 0 Å². The lowest BCUT2D eigenvalue weighted by atomic mass is 9.89. The topological polar surface area (TPSA) is 30.5 Å². The third kappa shape index (κ3) is 2.99. The minimum Gasteiger partial charge on any atom is -0.496 e. The highest BCUT2D eigenvalue weighted by atomic mass is 16.5. The zero-order valence-corrected chi connectivity index (χ0v) is 10.6. The van der Waals surface area contributed by atoms with Crippen LogP contribution in [0.3, 0.4) is 0 Å². The van der Waals surface area contributed by atoms with Crippen LogP contribution in [-0.4, -0.2) is 33.4 Å². The van der Waals surface area contributed by atoms with Gasteiger partial charge in [0, 0.05) is 18.6 Å². The molecule has 0 amide bonds. The van der Waals surface area contributed by atoms with Crippen molar-refractivity contribution in [2.75, 3.05) is 27.4 Å². The molecule has 2 atom stereocenters. The van der Waals surface area contributed by atoms with Gasteiger partial charge in [0.2, 0.25) is 0 Å². The van der Waals surface area contributed by atoms with E-state index in [1.54, 1.807) is 7.11 Å². The molecular formula is C14H21NO2. The number of hydrogen-bond donors (Lipinski definition) is 1. The largest absolute Gasteiger partial charge is 0.496 e. The Morgan fingerprint density at radius 2 is 2.24 bits per heavy atom. The summed E-state index contributed by atoms with van der Waals surface area (Å²) in [6.07, 6.45) is 2.10. The fourth-order valence-electron chi connectivity index (χ4n) is 2.53. The van der Waals surface area contributed by atoms with Gasteiger partial charge < -0.3 is 14.8 Å². The lowest BCUT2D eigenvalue weighted by Crippen LogP contribution is -2.41. The van der Waals surface area contributed by atoms with Crippen molar-refractivity contribution in [3.8, 4) is 5.75 Å². The molecule has 1 fully saturated rings. The molecule has 1 N–H and O–H groups in total. The van der Waals surface area contributed by atoms with Crippen LogP contribution in [0.4, 0.5) is 0 Å². The number of nitrogens with one attached hydrogen (secondary N) is 1. The molecule has 1 aliphatic heterocycles. The van der Waals surface area contributed by atoms with E-state index in [2.05, 4.69) is 17.4 Å². The average molecular weight is 235 g/mol. The Bertz CT molecular complexity index is 354. The second-order valence-electron chi connectivity index (χ2n) is 4.53. The van der Waals surface area contributed by atoms with Gasteiger partial charge >= 0.3 is 0 Å². The zero-order valence-electron chi connectivity index (χ0n) is 10.6. The summed E-state index contributed by atoms with van der Waals surface area (Å²) in [5.41, 5.74) is 1.27. The molecule has 94 valence electrons. The number of rotatable bonds is 4. The first-order valence-electron chi connectivity index (χ1n) is 6.22. The Morgan fingerprint density at radius 1 is 1.41 bits per heavy atom. The van der Waals surface area contributed by atoms with Gasteiger partial charge in [0.15, 0.2) is 0 Å². The highest BCUT2D eigenvalue weighted by Crippen LogP contribution is 2.25. The first-order chi connectivity index (χ1) is 8.35. The quantitative estimate of drug-likeness (QED) is 0.864. The second kappa shape index (κ2) is 6.03. The monoisotopic (exact) mass is 235 g/mol. The maximum atomic E-state index is 5.58. The molecule has 2 unspecified atom stereocenters. The molecule has 1 aromatic rings. The van der Waals surface area contributed by atoms with Crippen molar-refractivity contribution in [2.24, 2.45) is 5.92 Å². The van der Waals surface area contributed by atoms with E-state index in [0.717, 1.165) is 31.8 Å². The molecule has 0 saturated carbocycles. The van der Waals surface area contributed by atoms with Crippen LogP contribution in [0.25, 0.3) is 0 Å². The zero-order chi connectivity index (χ0) is 12.1. The standard InChI is InChI=1S/C14H21NO2/c1-15-13-7-8-17-10-12(13)9-11-5-3-4-6-14(11)16-2/h3-6,12-13,15H,7-10H2,1-2H3. The summed E-state index contributed by atoms with van der Waals surface area (Å²) in [6, 6.07) is 8.78. The van der Waals surface area contributed by atoms with E-state index in [1.165, 1.54) is 5.56 Å². The molecule has 1 heterocycles. The highest BCUT2D eigenvalue weighted by Gasteiger charge is 2.25. The van der Waals surface area contributed by atoms with E-state index in [4.69, 9.17) is 9.47 Å². The lowest BCUT2D eigenvalue weighted by Gasteiger charge is -2.31. The normalized spacial score (nSPS) is 24.6. The fourth-order valence-corrected chi connectivity index (χ4v) is 2.53. The first kappa shape index (κ1) is 12.4. The minimum absolute atomic E-state index is 0.532. The van der Waals surface area contributed by atoms with E-state index < -0.39 is 0 Å². The molecule has 1 aliphatic rings. The van der Waals surface area contributed by atoms with Crippen molar-refractivity contribution in [1.29, 1.82) is 0 Å². The summed E-state index contributed by atoms with van der Waals surface area (Å²) in [6.45, 7) is 1.71. The number of para-hydroxylation sites is 1. The van der Waals surface area contributed by atoms with Crippen LogP contribution in [0.5, 0.6) is 5.75 Å². The Morgan fingerprint density at radius 3 is 3.00 bits per heavy atom. The average Bonchev–Trinajstić information content (AvgIpc) is 2.40. The van der Waals surface area contributed by atoms with E-state index in [9.17, 15) is 0 Å². The van der Waals surface area contributed by atoms with Gasteiger partial charge in [-0.1, -0.05) is 18.2 Å². The van der Waals surface area contributed by atoms with Crippen molar-refractivity contribution in [1.82, 2.24) is 5.32 Å². The number of methoxy groups -OCH3 is 1. The summed E-state index contributed by atoms with van der Waals surface area (Å²) in [4.78, 5) is 0. The fraction of sp³-hybridized carbons (Fsp3) is 0.571. The van der Waals surface area contributed by atoms with Crippen LogP contribution in [0.15, 0.2) is 24.3 Å². The smallest absolute Gasteiger partial charge is 0.122 e. The van der Waals surface area contributed by atoms with Crippen LogP contribution in [-0.2, 0) is 11.2 Å². The number of benzene rings is 1. The molecule has 3 nitrogen and oxygen atoms in total. The van der Waals surface area contributed by atoms with Crippen molar-refractivity contribution in [2.45, 2.75) is 18.9 Å². The van der Waals surface area contributed by atoms with E-state index in [-0.39, 0.29) is 0 Å². The van der Waals surface area contributed by atoms with Crippen LogP contribution in [0, 0.1) is 5.92 Å². The van der Waals surface area contributed by atoms with Crippen molar-refractivity contribution >= 4 is 0 Å². The van der Waals surface area contributed by atoms with Crippen LogP contribution in [0.2, 0.25) is 0 Å². The van der Waals surface area contributed by atoms with Gasteiger partial charge in [-0.05, 0) is 31.5 Å². The van der Waals surface area contributed by atoms with E-state index in [1.807, 2.05) is 19.2 Å². The maximum Gasteiger partial charge on any atom is 0.122 e. The van der Waals surface area contributed by atoms with E-state index >= 15 is 0 Å². The Kier molecular flexibility index (Phi) is 4.40. The molecule has 0 radical (unpaired) electrons.